The highest BCUT2D eigenvalue weighted by molar-refractivity contribution is 5.35. The SMILES string of the molecule is C=CCN1CC[C@@](c2cccc(O)c2)([C@@H](C)CC)C1. The molecule has 1 fully saturated rings. The molecule has 1 saturated heterocycles. The number of nitrogens with zero attached hydrogens (tertiary/aromatic N) is 1. The highest BCUT2D eigenvalue weighted by Crippen LogP contribution is 2.43. The van der Waals surface area contributed by atoms with Crippen LogP contribution in [0.5, 0.6) is 5.75 Å². The minimum absolute atomic E-state index is 0.177. The maximum absolute atomic E-state index is 9.78. The molecule has 1 aromatic carbocycles. The average Bonchev–Trinajstić information content (AvgIpc) is 2.84. The minimum atomic E-state index is 0.177. The molecule has 2 nitrogen and oxygen atoms in total. The van der Waals surface area contributed by atoms with Gasteiger partial charge in [0.2, 0.25) is 0 Å². The monoisotopic (exact) mass is 259 g/mol. The lowest BCUT2D eigenvalue weighted by Crippen LogP contribution is -2.37. The fraction of sp³-hybridized carbons (Fsp3) is 0.529. The summed E-state index contributed by atoms with van der Waals surface area (Å²) < 4.78 is 0. The second-order valence-electron chi connectivity index (χ2n) is 5.79. The summed E-state index contributed by atoms with van der Waals surface area (Å²) in [5.41, 5.74) is 1.46. The van der Waals surface area contributed by atoms with E-state index in [1.807, 2.05) is 18.2 Å². The predicted molar refractivity (Wildman–Crippen MR) is 80.5 cm³/mol. The van der Waals surface area contributed by atoms with Gasteiger partial charge in [-0.25, -0.2) is 0 Å². The second kappa shape index (κ2) is 5.79. The standard InChI is InChI=1S/C17H25NO/c1-4-10-18-11-9-17(13-18,14(3)5-2)15-7-6-8-16(19)12-15/h4,6-8,12,14,19H,1,5,9-11,13H2,2-3H3/t14-,17-/m0/s1. The van der Waals surface area contributed by atoms with Gasteiger partial charge in [-0.15, -0.1) is 6.58 Å². The van der Waals surface area contributed by atoms with E-state index < -0.39 is 0 Å². The van der Waals surface area contributed by atoms with E-state index >= 15 is 0 Å². The molecular weight excluding hydrogens is 234 g/mol. The Morgan fingerprint density at radius 1 is 1.53 bits per heavy atom. The molecule has 2 rings (SSSR count). The normalized spacial score (nSPS) is 25.4. The molecule has 0 aromatic heterocycles. The Labute approximate surface area is 116 Å². The molecule has 104 valence electrons. The van der Waals surface area contributed by atoms with Crippen LogP contribution >= 0.6 is 0 Å². The van der Waals surface area contributed by atoms with Crippen LogP contribution in [0.25, 0.3) is 0 Å². The molecule has 1 aliphatic rings. The molecule has 1 aromatic rings. The topological polar surface area (TPSA) is 23.5 Å². The molecule has 0 spiro atoms. The van der Waals surface area contributed by atoms with Gasteiger partial charge in [-0.1, -0.05) is 38.5 Å². The predicted octanol–water partition coefficient (Wildman–Crippen LogP) is 3.57. The Hall–Kier alpha value is -1.28. The first-order chi connectivity index (χ1) is 9.12. The van der Waals surface area contributed by atoms with Crippen molar-refractivity contribution in [3.05, 3.63) is 42.5 Å². The highest BCUT2D eigenvalue weighted by atomic mass is 16.3. The molecule has 2 heteroatoms. The Kier molecular flexibility index (Phi) is 4.31. The van der Waals surface area contributed by atoms with Gasteiger partial charge in [-0.3, -0.25) is 4.90 Å². The van der Waals surface area contributed by atoms with E-state index in [-0.39, 0.29) is 5.41 Å². The van der Waals surface area contributed by atoms with Crippen molar-refractivity contribution in [2.45, 2.75) is 32.1 Å². The molecule has 0 saturated carbocycles. The first-order valence-corrected chi connectivity index (χ1v) is 7.25. The number of phenolic OH excluding ortho intramolecular Hbond substituents is 1. The Morgan fingerprint density at radius 2 is 2.32 bits per heavy atom. The summed E-state index contributed by atoms with van der Waals surface area (Å²) >= 11 is 0. The van der Waals surface area contributed by atoms with Crippen molar-refractivity contribution in [2.75, 3.05) is 19.6 Å². The van der Waals surface area contributed by atoms with Crippen molar-refractivity contribution in [1.29, 1.82) is 0 Å². The van der Waals surface area contributed by atoms with Gasteiger partial charge in [-0.05, 0) is 36.6 Å². The molecule has 0 unspecified atom stereocenters. The van der Waals surface area contributed by atoms with E-state index in [1.54, 1.807) is 6.07 Å². The molecule has 0 aliphatic carbocycles. The quantitative estimate of drug-likeness (QED) is 0.817. The van der Waals surface area contributed by atoms with Gasteiger partial charge in [0.05, 0.1) is 0 Å². The van der Waals surface area contributed by atoms with Crippen LogP contribution in [0.15, 0.2) is 36.9 Å². The molecule has 0 amide bonds. The fourth-order valence-corrected chi connectivity index (χ4v) is 3.38. The molecular formula is C17H25NO. The summed E-state index contributed by atoms with van der Waals surface area (Å²) in [5.74, 6) is 0.992. The number of hydrogen-bond acceptors (Lipinski definition) is 2. The van der Waals surface area contributed by atoms with Crippen LogP contribution in [-0.2, 0) is 5.41 Å². The lowest BCUT2D eigenvalue weighted by atomic mass is 9.69. The van der Waals surface area contributed by atoms with Crippen molar-refractivity contribution in [1.82, 2.24) is 4.90 Å². The summed E-state index contributed by atoms with van der Waals surface area (Å²) in [6, 6.07) is 7.84. The second-order valence-corrected chi connectivity index (χ2v) is 5.79. The summed E-state index contributed by atoms with van der Waals surface area (Å²) in [4.78, 5) is 2.46. The number of aromatic hydroxyl groups is 1. The van der Waals surface area contributed by atoms with Gasteiger partial charge in [0, 0.05) is 18.5 Å². The third kappa shape index (κ3) is 2.69. The first kappa shape index (κ1) is 14.1. The Balaban J connectivity index is 2.34. The first-order valence-electron chi connectivity index (χ1n) is 7.25. The van der Waals surface area contributed by atoms with Gasteiger partial charge in [-0.2, -0.15) is 0 Å². The molecule has 0 radical (unpaired) electrons. The third-order valence-corrected chi connectivity index (χ3v) is 4.74. The van der Waals surface area contributed by atoms with Gasteiger partial charge in [0.1, 0.15) is 5.75 Å². The molecule has 2 atom stereocenters. The van der Waals surface area contributed by atoms with Crippen molar-refractivity contribution in [3.8, 4) is 5.75 Å². The smallest absolute Gasteiger partial charge is 0.115 e. The largest absolute Gasteiger partial charge is 0.508 e. The number of rotatable bonds is 5. The van der Waals surface area contributed by atoms with Gasteiger partial charge in [0.15, 0.2) is 0 Å². The number of hydrogen-bond donors (Lipinski definition) is 1. The van der Waals surface area contributed by atoms with Crippen molar-refractivity contribution in [2.24, 2.45) is 5.92 Å². The van der Waals surface area contributed by atoms with Gasteiger partial charge >= 0.3 is 0 Å². The fourth-order valence-electron chi connectivity index (χ4n) is 3.38. The number of likely N-dealkylation sites (tertiary alicyclic amines) is 1. The summed E-state index contributed by atoms with van der Waals surface area (Å²) in [6.45, 7) is 11.6. The zero-order valence-electron chi connectivity index (χ0n) is 12.1. The maximum Gasteiger partial charge on any atom is 0.115 e. The maximum atomic E-state index is 9.78. The zero-order chi connectivity index (χ0) is 13.9. The minimum Gasteiger partial charge on any atom is -0.508 e. The Morgan fingerprint density at radius 3 is 2.95 bits per heavy atom. The number of phenols is 1. The molecule has 1 N–H and O–H groups in total. The lowest BCUT2D eigenvalue weighted by molar-refractivity contribution is 0.263. The highest BCUT2D eigenvalue weighted by Gasteiger charge is 2.42. The van der Waals surface area contributed by atoms with Crippen LogP contribution in [0.1, 0.15) is 32.3 Å². The van der Waals surface area contributed by atoms with E-state index in [9.17, 15) is 5.11 Å². The molecule has 1 aliphatic heterocycles. The van der Waals surface area contributed by atoms with Crippen molar-refractivity contribution in [3.63, 3.8) is 0 Å². The average molecular weight is 259 g/mol. The van der Waals surface area contributed by atoms with Gasteiger partial charge < -0.3 is 5.11 Å². The van der Waals surface area contributed by atoms with E-state index in [1.165, 1.54) is 12.0 Å². The van der Waals surface area contributed by atoms with Crippen molar-refractivity contribution < 1.29 is 5.11 Å². The molecule has 19 heavy (non-hydrogen) atoms. The van der Waals surface area contributed by atoms with E-state index in [0.29, 0.717) is 11.7 Å². The van der Waals surface area contributed by atoms with Crippen LogP contribution < -0.4 is 0 Å². The van der Waals surface area contributed by atoms with E-state index in [4.69, 9.17) is 0 Å². The lowest BCUT2D eigenvalue weighted by Gasteiger charge is -2.36. The van der Waals surface area contributed by atoms with E-state index in [0.717, 1.165) is 26.1 Å². The summed E-state index contributed by atoms with van der Waals surface area (Å²) in [5, 5.41) is 9.78. The Bertz CT molecular complexity index is 443. The van der Waals surface area contributed by atoms with Crippen molar-refractivity contribution >= 4 is 0 Å². The molecule has 0 bridgehead atoms. The van der Waals surface area contributed by atoms with Crippen LogP contribution in [-0.4, -0.2) is 29.6 Å². The number of benzene rings is 1. The summed E-state index contributed by atoms with van der Waals surface area (Å²) in [6.07, 6.45) is 4.31. The molecule has 1 heterocycles. The summed E-state index contributed by atoms with van der Waals surface area (Å²) in [7, 11) is 0. The third-order valence-electron chi connectivity index (χ3n) is 4.74. The van der Waals surface area contributed by atoms with Crippen LogP contribution in [0, 0.1) is 5.92 Å². The van der Waals surface area contributed by atoms with Gasteiger partial charge in [0.25, 0.3) is 0 Å². The van der Waals surface area contributed by atoms with Crippen LogP contribution in [0.2, 0.25) is 0 Å². The zero-order valence-corrected chi connectivity index (χ0v) is 12.1. The van der Waals surface area contributed by atoms with Crippen LogP contribution in [0.3, 0.4) is 0 Å². The van der Waals surface area contributed by atoms with E-state index in [2.05, 4.69) is 31.4 Å². The van der Waals surface area contributed by atoms with Crippen LogP contribution in [0.4, 0.5) is 0 Å².